The van der Waals surface area contributed by atoms with E-state index >= 15 is 0 Å². The minimum Gasteiger partial charge on any atom is -0.461 e. The summed E-state index contributed by atoms with van der Waals surface area (Å²) >= 11 is 0. The highest BCUT2D eigenvalue weighted by atomic mass is 16.6. The molecule has 38 heavy (non-hydrogen) atoms. The first kappa shape index (κ1) is 26.8. The molecule has 1 aromatic carbocycles. The van der Waals surface area contributed by atoms with Crippen molar-refractivity contribution in [2.75, 3.05) is 17.2 Å². The van der Waals surface area contributed by atoms with Crippen molar-refractivity contribution in [2.24, 2.45) is 0 Å². The number of ether oxygens (including phenoxy) is 2. The molecule has 2 atom stereocenters. The van der Waals surface area contributed by atoms with Gasteiger partial charge in [-0.2, -0.15) is 9.97 Å². The molecule has 1 fully saturated rings. The molecule has 4 rings (SSSR count). The lowest BCUT2D eigenvalue weighted by Crippen LogP contribution is -2.50. The Balaban J connectivity index is 1.54. The molecule has 3 aromatic rings. The van der Waals surface area contributed by atoms with Gasteiger partial charge >= 0.3 is 18.1 Å². The molecule has 202 valence electrons. The number of aromatic nitrogens is 5. The summed E-state index contributed by atoms with van der Waals surface area (Å²) in [5.74, 6) is -0.140. The summed E-state index contributed by atoms with van der Waals surface area (Å²) in [6.07, 6.45) is 2.98. The van der Waals surface area contributed by atoms with E-state index in [1.54, 1.807) is 6.92 Å². The first-order valence-corrected chi connectivity index (χ1v) is 12.6. The van der Waals surface area contributed by atoms with Crippen molar-refractivity contribution in [3.05, 3.63) is 36.0 Å². The van der Waals surface area contributed by atoms with E-state index in [9.17, 15) is 9.59 Å². The summed E-state index contributed by atoms with van der Waals surface area (Å²) in [7, 11) is 0. The highest BCUT2D eigenvalue weighted by Gasteiger charge is 2.30. The summed E-state index contributed by atoms with van der Waals surface area (Å²) in [6, 6.07) is 8.94. The maximum absolute atomic E-state index is 12.5. The van der Waals surface area contributed by atoms with Crippen molar-refractivity contribution in [3.63, 3.8) is 0 Å². The molecule has 1 amide bonds. The van der Waals surface area contributed by atoms with Gasteiger partial charge in [0.15, 0.2) is 5.82 Å². The zero-order valence-electron chi connectivity index (χ0n) is 21.9. The van der Waals surface area contributed by atoms with E-state index in [4.69, 9.17) is 14.0 Å². The third-order valence-corrected chi connectivity index (χ3v) is 5.62. The third-order valence-electron chi connectivity index (χ3n) is 5.62. The first-order chi connectivity index (χ1) is 18.2. The van der Waals surface area contributed by atoms with Gasteiger partial charge in [-0.3, -0.25) is 5.32 Å². The Bertz CT molecular complexity index is 1240. The fourth-order valence-electron chi connectivity index (χ4n) is 3.99. The van der Waals surface area contributed by atoms with Crippen LogP contribution in [0.1, 0.15) is 63.9 Å². The predicted molar refractivity (Wildman–Crippen MR) is 138 cm³/mol. The van der Waals surface area contributed by atoms with Crippen LogP contribution >= 0.6 is 0 Å². The topological polar surface area (TPSA) is 166 Å². The van der Waals surface area contributed by atoms with Crippen LogP contribution in [0, 0.1) is 0 Å². The average Bonchev–Trinajstić information content (AvgIpc) is 3.33. The number of benzene rings is 1. The maximum Gasteiger partial charge on any atom is 0.407 e. The second-order valence-electron chi connectivity index (χ2n) is 9.76. The smallest absolute Gasteiger partial charge is 0.407 e. The minimum atomic E-state index is -0.702. The Kier molecular flexibility index (Phi) is 8.34. The summed E-state index contributed by atoms with van der Waals surface area (Å²) in [6.45, 7) is 7.28. The molecule has 0 unspecified atom stereocenters. The highest BCUT2D eigenvalue weighted by molar-refractivity contribution is 5.93. The van der Waals surface area contributed by atoms with Gasteiger partial charge in [0, 0.05) is 11.6 Å². The van der Waals surface area contributed by atoms with Gasteiger partial charge in [0.2, 0.25) is 17.5 Å². The van der Waals surface area contributed by atoms with E-state index in [1.807, 2.05) is 51.1 Å². The van der Waals surface area contributed by atoms with Gasteiger partial charge in [0.1, 0.15) is 5.60 Å². The number of rotatable bonds is 8. The Morgan fingerprint density at radius 3 is 2.50 bits per heavy atom. The van der Waals surface area contributed by atoms with Gasteiger partial charge in [-0.15, -0.1) is 10.2 Å². The molecule has 1 aliphatic carbocycles. The summed E-state index contributed by atoms with van der Waals surface area (Å²) in [4.78, 5) is 33.7. The zero-order chi connectivity index (χ0) is 27.1. The molecular formula is C25H32N8O5. The monoisotopic (exact) mass is 524 g/mol. The first-order valence-electron chi connectivity index (χ1n) is 12.6. The van der Waals surface area contributed by atoms with E-state index in [-0.39, 0.29) is 42.2 Å². The van der Waals surface area contributed by atoms with Crippen molar-refractivity contribution in [2.45, 2.75) is 71.1 Å². The Labute approximate surface area is 220 Å². The van der Waals surface area contributed by atoms with Crippen LogP contribution in [-0.2, 0) is 9.47 Å². The van der Waals surface area contributed by atoms with Crippen molar-refractivity contribution in [3.8, 4) is 11.4 Å². The standard InChI is InChI=1S/C25H32N8O5/c1-5-36-21(34)18-20(30-23-29-19(33-38-23)15-11-7-6-8-12-15)28-22(32-31-18)26-16-13-9-10-14-17(16)27-24(35)37-25(2,3)4/h6-8,11-12,16-17H,5,9-10,13-14H2,1-4H3,(H,27,35)(H2,26,28,29,30,32,33)/t16-,17+/m1/s1. The van der Waals surface area contributed by atoms with Crippen LogP contribution in [-0.4, -0.2) is 61.7 Å². The molecule has 2 aromatic heterocycles. The minimum absolute atomic E-state index is 0.0167. The van der Waals surface area contributed by atoms with E-state index in [0.29, 0.717) is 5.82 Å². The molecule has 13 heteroatoms. The van der Waals surface area contributed by atoms with Crippen molar-refractivity contribution < 1.29 is 23.6 Å². The zero-order valence-corrected chi connectivity index (χ0v) is 21.9. The number of nitrogens with one attached hydrogen (secondary N) is 3. The number of carbonyl (C=O) groups is 2. The second-order valence-corrected chi connectivity index (χ2v) is 9.76. The molecule has 0 aliphatic heterocycles. The summed E-state index contributed by atoms with van der Waals surface area (Å²) in [5, 5.41) is 21.1. The number of hydrogen-bond donors (Lipinski definition) is 3. The van der Waals surface area contributed by atoms with E-state index in [2.05, 4.69) is 41.3 Å². The molecule has 0 spiro atoms. The Morgan fingerprint density at radius 2 is 1.79 bits per heavy atom. The van der Waals surface area contributed by atoms with Crippen molar-refractivity contribution in [1.29, 1.82) is 0 Å². The number of hydrogen-bond acceptors (Lipinski definition) is 12. The van der Waals surface area contributed by atoms with Gasteiger partial charge in [-0.05, 0) is 40.5 Å². The average molecular weight is 525 g/mol. The van der Waals surface area contributed by atoms with Gasteiger partial charge < -0.3 is 24.6 Å². The van der Waals surface area contributed by atoms with E-state index in [0.717, 1.165) is 31.2 Å². The van der Waals surface area contributed by atoms with Crippen LogP contribution in [0.4, 0.5) is 22.6 Å². The molecule has 3 N–H and O–H groups in total. The number of carbonyl (C=O) groups excluding carboxylic acids is 2. The fourth-order valence-corrected chi connectivity index (χ4v) is 3.99. The van der Waals surface area contributed by atoms with Gasteiger partial charge in [0.05, 0.1) is 12.6 Å². The lowest BCUT2D eigenvalue weighted by Gasteiger charge is -2.33. The normalized spacial score (nSPS) is 17.4. The van der Waals surface area contributed by atoms with Crippen LogP contribution in [0.15, 0.2) is 34.9 Å². The maximum atomic E-state index is 12.5. The SMILES string of the molecule is CCOC(=O)c1nnc(N[C@@H]2CCCC[C@@H]2NC(=O)OC(C)(C)C)nc1Nc1nc(-c2ccccc2)no1. The van der Waals surface area contributed by atoms with Crippen molar-refractivity contribution in [1.82, 2.24) is 30.6 Å². The van der Waals surface area contributed by atoms with Crippen LogP contribution in [0.2, 0.25) is 0 Å². The molecule has 0 bridgehead atoms. The predicted octanol–water partition coefficient (Wildman–Crippen LogP) is 4.09. The molecular weight excluding hydrogens is 492 g/mol. The van der Waals surface area contributed by atoms with Gasteiger partial charge in [0.25, 0.3) is 0 Å². The summed E-state index contributed by atoms with van der Waals surface area (Å²) < 4.78 is 15.8. The quantitative estimate of drug-likeness (QED) is 0.362. The number of nitrogens with zero attached hydrogens (tertiary/aromatic N) is 5. The van der Waals surface area contributed by atoms with Crippen LogP contribution in [0.5, 0.6) is 0 Å². The second kappa shape index (κ2) is 11.8. The number of alkyl carbamates (subject to hydrolysis) is 1. The van der Waals surface area contributed by atoms with Crippen molar-refractivity contribution >= 4 is 29.8 Å². The van der Waals surface area contributed by atoms with Gasteiger partial charge in [-0.1, -0.05) is 48.3 Å². The molecule has 13 nitrogen and oxygen atoms in total. The largest absolute Gasteiger partial charge is 0.461 e. The number of anilines is 3. The third kappa shape index (κ3) is 7.14. The van der Waals surface area contributed by atoms with Crippen LogP contribution in [0.25, 0.3) is 11.4 Å². The highest BCUT2D eigenvalue weighted by Crippen LogP contribution is 2.24. The number of amides is 1. The molecule has 0 radical (unpaired) electrons. The van der Waals surface area contributed by atoms with E-state index < -0.39 is 17.7 Å². The van der Waals surface area contributed by atoms with Crippen LogP contribution < -0.4 is 16.0 Å². The van der Waals surface area contributed by atoms with Gasteiger partial charge in [-0.25, -0.2) is 9.59 Å². The fraction of sp³-hybridized carbons (Fsp3) is 0.480. The lowest BCUT2D eigenvalue weighted by molar-refractivity contribution is 0.0484. The molecule has 1 aliphatic rings. The number of esters is 1. The Morgan fingerprint density at radius 1 is 1.05 bits per heavy atom. The van der Waals surface area contributed by atoms with Crippen LogP contribution in [0.3, 0.4) is 0 Å². The Hall–Kier alpha value is -4.29. The molecule has 2 heterocycles. The van der Waals surface area contributed by atoms with E-state index in [1.165, 1.54) is 0 Å². The molecule has 0 saturated heterocycles. The molecule has 1 saturated carbocycles. The summed E-state index contributed by atoms with van der Waals surface area (Å²) in [5.41, 5.74) is 0.0238. The lowest BCUT2D eigenvalue weighted by atomic mass is 9.90.